The third kappa shape index (κ3) is 5.17. The summed E-state index contributed by atoms with van der Waals surface area (Å²) in [4.78, 5) is 23.9. The predicted molar refractivity (Wildman–Crippen MR) is 66.4 cm³/mol. The molecule has 0 aromatic carbocycles. The highest BCUT2D eigenvalue weighted by molar-refractivity contribution is 5.86. The van der Waals surface area contributed by atoms with Crippen LogP contribution in [0.4, 0.5) is 0 Å². The minimum Gasteiger partial charge on any atom is -0.467 e. The number of nitrogens with zero attached hydrogens (tertiary/aromatic N) is 1. The number of ether oxygens (including phenoxy) is 1. The zero-order valence-electron chi connectivity index (χ0n) is 11.1. The molecule has 1 amide bonds. The Balaban J connectivity index is 0.000000557. The number of hydrogen-bond acceptors (Lipinski definition) is 4. The molecule has 0 radical (unpaired) electrons. The van der Waals surface area contributed by atoms with Gasteiger partial charge in [0, 0.05) is 6.54 Å². The van der Waals surface area contributed by atoms with Gasteiger partial charge in [-0.2, -0.15) is 0 Å². The first-order valence-corrected chi connectivity index (χ1v) is 6.19. The SMILES string of the molecule is CCCC.COC(=O)C1CCCN1C(=O)CN. The molecule has 0 bridgehead atoms. The Morgan fingerprint density at radius 1 is 1.35 bits per heavy atom. The van der Waals surface area contributed by atoms with Crippen LogP contribution in [0, 0.1) is 0 Å². The number of carbonyl (C=O) groups is 2. The molecule has 5 nitrogen and oxygen atoms in total. The lowest BCUT2D eigenvalue weighted by Gasteiger charge is -2.21. The van der Waals surface area contributed by atoms with Gasteiger partial charge in [-0.15, -0.1) is 0 Å². The largest absolute Gasteiger partial charge is 0.467 e. The van der Waals surface area contributed by atoms with E-state index >= 15 is 0 Å². The molecule has 1 atom stereocenters. The third-order valence-corrected chi connectivity index (χ3v) is 2.72. The number of hydrogen-bond donors (Lipinski definition) is 1. The maximum absolute atomic E-state index is 11.2. The van der Waals surface area contributed by atoms with Crippen LogP contribution < -0.4 is 5.73 Å². The van der Waals surface area contributed by atoms with Gasteiger partial charge in [0.15, 0.2) is 0 Å². The first kappa shape index (κ1) is 15.9. The Morgan fingerprint density at radius 2 is 1.94 bits per heavy atom. The first-order chi connectivity index (χ1) is 8.12. The summed E-state index contributed by atoms with van der Waals surface area (Å²) < 4.78 is 4.59. The van der Waals surface area contributed by atoms with E-state index in [0.29, 0.717) is 13.0 Å². The van der Waals surface area contributed by atoms with Crippen molar-refractivity contribution >= 4 is 11.9 Å². The molecule has 1 unspecified atom stereocenters. The Bertz CT molecular complexity index is 220. The van der Waals surface area contributed by atoms with E-state index in [9.17, 15) is 9.59 Å². The summed E-state index contributed by atoms with van der Waals surface area (Å²) in [6, 6.07) is -0.416. The molecule has 5 heteroatoms. The van der Waals surface area contributed by atoms with E-state index in [4.69, 9.17) is 5.73 Å². The molecule has 1 aliphatic rings. The maximum atomic E-state index is 11.2. The van der Waals surface area contributed by atoms with Crippen LogP contribution in [0.1, 0.15) is 39.5 Å². The van der Waals surface area contributed by atoms with Gasteiger partial charge in [-0.05, 0) is 12.8 Å². The van der Waals surface area contributed by atoms with Gasteiger partial charge in [0.25, 0.3) is 0 Å². The summed E-state index contributed by atoms with van der Waals surface area (Å²) in [7, 11) is 1.33. The van der Waals surface area contributed by atoms with E-state index in [1.807, 2.05) is 0 Å². The molecule has 1 aliphatic heterocycles. The van der Waals surface area contributed by atoms with Crippen LogP contribution in [0.25, 0.3) is 0 Å². The van der Waals surface area contributed by atoms with Gasteiger partial charge in [-0.3, -0.25) is 4.79 Å². The Hall–Kier alpha value is -1.10. The highest BCUT2D eigenvalue weighted by atomic mass is 16.5. The molecule has 17 heavy (non-hydrogen) atoms. The second-order valence-electron chi connectivity index (χ2n) is 3.97. The smallest absolute Gasteiger partial charge is 0.328 e. The monoisotopic (exact) mass is 244 g/mol. The highest BCUT2D eigenvalue weighted by Crippen LogP contribution is 2.17. The van der Waals surface area contributed by atoms with E-state index in [2.05, 4.69) is 18.6 Å². The van der Waals surface area contributed by atoms with Gasteiger partial charge in [0.2, 0.25) is 5.91 Å². The fourth-order valence-electron chi connectivity index (χ4n) is 1.56. The summed E-state index contributed by atoms with van der Waals surface area (Å²) in [5.74, 6) is -0.535. The molecule has 1 heterocycles. The van der Waals surface area contributed by atoms with Crippen LogP contribution in [0.5, 0.6) is 0 Å². The van der Waals surface area contributed by atoms with E-state index in [0.717, 1.165) is 6.42 Å². The number of nitrogens with two attached hydrogens (primary N) is 1. The van der Waals surface area contributed by atoms with Crippen molar-refractivity contribution in [2.45, 2.75) is 45.6 Å². The van der Waals surface area contributed by atoms with Crippen LogP contribution >= 0.6 is 0 Å². The second kappa shape index (κ2) is 8.98. The second-order valence-corrected chi connectivity index (χ2v) is 3.97. The number of esters is 1. The van der Waals surface area contributed by atoms with Crippen LogP contribution in [0.15, 0.2) is 0 Å². The van der Waals surface area contributed by atoms with E-state index < -0.39 is 6.04 Å². The van der Waals surface area contributed by atoms with Crippen molar-refractivity contribution in [2.75, 3.05) is 20.2 Å². The van der Waals surface area contributed by atoms with Crippen LogP contribution in [0.3, 0.4) is 0 Å². The molecule has 2 N–H and O–H groups in total. The standard InChI is InChI=1S/C8H14N2O3.C4H10/c1-13-8(12)6-3-2-4-10(6)7(11)5-9;1-3-4-2/h6H,2-5,9H2,1H3;3-4H2,1-2H3. The van der Waals surface area contributed by atoms with Gasteiger partial charge in [0.05, 0.1) is 13.7 Å². The quantitative estimate of drug-likeness (QED) is 0.749. The van der Waals surface area contributed by atoms with Gasteiger partial charge < -0.3 is 15.4 Å². The molecule has 0 aromatic rings. The minimum atomic E-state index is -0.416. The minimum absolute atomic E-state index is 0.0481. The number of likely N-dealkylation sites (tertiary alicyclic amines) is 1. The zero-order chi connectivity index (χ0) is 13.3. The van der Waals surface area contributed by atoms with E-state index in [-0.39, 0.29) is 18.4 Å². The van der Waals surface area contributed by atoms with Gasteiger partial charge in [0.1, 0.15) is 6.04 Å². The van der Waals surface area contributed by atoms with Crippen LogP contribution in [0.2, 0.25) is 0 Å². The van der Waals surface area contributed by atoms with Crippen molar-refractivity contribution < 1.29 is 14.3 Å². The van der Waals surface area contributed by atoms with E-state index in [1.54, 1.807) is 0 Å². The van der Waals surface area contributed by atoms with Crippen molar-refractivity contribution in [3.63, 3.8) is 0 Å². The topological polar surface area (TPSA) is 72.6 Å². The lowest BCUT2D eigenvalue weighted by Crippen LogP contribution is -2.43. The first-order valence-electron chi connectivity index (χ1n) is 6.19. The maximum Gasteiger partial charge on any atom is 0.328 e. The molecular weight excluding hydrogens is 220 g/mol. The summed E-state index contributed by atoms with van der Waals surface area (Å²) in [6.45, 7) is 4.92. The molecule has 0 saturated carbocycles. The number of rotatable bonds is 3. The summed E-state index contributed by atoms with van der Waals surface area (Å²) in [5.41, 5.74) is 5.21. The van der Waals surface area contributed by atoms with Crippen LogP contribution in [-0.2, 0) is 14.3 Å². The van der Waals surface area contributed by atoms with Gasteiger partial charge in [-0.25, -0.2) is 4.79 Å². The summed E-state index contributed by atoms with van der Waals surface area (Å²) >= 11 is 0. The fraction of sp³-hybridized carbons (Fsp3) is 0.833. The molecule has 0 spiro atoms. The normalized spacial score (nSPS) is 18.4. The Labute approximate surface area is 103 Å². The van der Waals surface area contributed by atoms with Crippen molar-refractivity contribution in [3.05, 3.63) is 0 Å². The zero-order valence-corrected chi connectivity index (χ0v) is 11.1. The molecule has 0 aliphatic carbocycles. The average Bonchev–Trinajstić information content (AvgIpc) is 2.86. The van der Waals surface area contributed by atoms with Crippen molar-refractivity contribution in [3.8, 4) is 0 Å². The number of methoxy groups -OCH3 is 1. The van der Waals surface area contributed by atoms with Crippen LogP contribution in [-0.4, -0.2) is 43.0 Å². The summed E-state index contributed by atoms with van der Waals surface area (Å²) in [6.07, 6.45) is 4.16. The summed E-state index contributed by atoms with van der Waals surface area (Å²) in [5, 5.41) is 0. The lowest BCUT2D eigenvalue weighted by atomic mass is 10.2. The lowest BCUT2D eigenvalue weighted by molar-refractivity contribution is -0.150. The van der Waals surface area contributed by atoms with Crippen molar-refractivity contribution in [1.82, 2.24) is 4.90 Å². The fourth-order valence-corrected chi connectivity index (χ4v) is 1.56. The van der Waals surface area contributed by atoms with Gasteiger partial charge in [-0.1, -0.05) is 26.7 Å². The molecule has 1 saturated heterocycles. The molecule has 1 rings (SSSR count). The Kier molecular flexibility index (Phi) is 8.40. The third-order valence-electron chi connectivity index (χ3n) is 2.72. The Morgan fingerprint density at radius 3 is 2.35 bits per heavy atom. The number of carbonyl (C=O) groups excluding carboxylic acids is 2. The van der Waals surface area contributed by atoms with Gasteiger partial charge >= 0.3 is 5.97 Å². The molecule has 0 aromatic heterocycles. The number of unbranched alkanes of at least 4 members (excludes halogenated alkanes) is 1. The highest BCUT2D eigenvalue weighted by Gasteiger charge is 2.33. The molecule has 100 valence electrons. The van der Waals surface area contributed by atoms with Crippen molar-refractivity contribution in [2.24, 2.45) is 5.73 Å². The number of amides is 1. The van der Waals surface area contributed by atoms with E-state index in [1.165, 1.54) is 24.9 Å². The average molecular weight is 244 g/mol. The van der Waals surface area contributed by atoms with Crippen molar-refractivity contribution in [1.29, 1.82) is 0 Å². The molecule has 1 fully saturated rings. The predicted octanol–water partition coefficient (Wildman–Crippen LogP) is 0.916. The molecular formula is C12H24N2O3.